The number of rotatable bonds is 4. The van der Waals surface area contributed by atoms with Crippen molar-refractivity contribution >= 4 is 29.1 Å². The van der Waals surface area contributed by atoms with Gasteiger partial charge in [-0.3, -0.25) is 9.69 Å². The summed E-state index contributed by atoms with van der Waals surface area (Å²) in [6, 6.07) is 4.71. The van der Waals surface area contributed by atoms with Crippen molar-refractivity contribution < 1.29 is 37.8 Å². The van der Waals surface area contributed by atoms with Gasteiger partial charge in [0.25, 0.3) is 5.72 Å². The number of carbonyl (C=O) groups excluding carboxylic acids is 2. The molecule has 1 aromatic heterocycles. The molecule has 0 aliphatic carbocycles. The first-order valence-corrected chi connectivity index (χ1v) is 9.11. The fourth-order valence-electron chi connectivity index (χ4n) is 3.29. The predicted octanol–water partition coefficient (Wildman–Crippen LogP) is 2.89. The molecule has 1 aliphatic heterocycles. The third-order valence-electron chi connectivity index (χ3n) is 4.84. The second-order valence-corrected chi connectivity index (χ2v) is 7.40. The number of nitrogens with zero attached hydrogens (tertiary/aromatic N) is 1. The number of Topliss-reactive ketones (excluding diaryl/α,β-unsaturated/α-hetero) is 1. The van der Waals surface area contributed by atoms with Crippen LogP contribution in [0.5, 0.6) is 0 Å². The fourth-order valence-corrected chi connectivity index (χ4v) is 3.99. The molecule has 29 heavy (non-hydrogen) atoms. The van der Waals surface area contributed by atoms with Gasteiger partial charge in [0.05, 0.1) is 16.5 Å². The number of carbonyl (C=O) groups is 3. The number of aromatic carboxylic acids is 1. The van der Waals surface area contributed by atoms with Crippen LogP contribution in [0.15, 0.2) is 41.8 Å². The van der Waals surface area contributed by atoms with Crippen molar-refractivity contribution in [3.63, 3.8) is 0 Å². The normalized spacial score (nSPS) is 24.9. The molecule has 1 fully saturated rings. The Labute approximate surface area is 166 Å². The van der Waals surface area contributed by atoms with E-state index in [0.29, 0.717) is 0 Å². The van der Waals surface area contributed by atoms with Crippen LogP contribution in [0.1, 0.15) is 31.6 Å². The number of alkyl halides is 3. The topological polar surface area (TPSA) is 107 Å². The van der Waals surface area contributed by atoms with Crippen LogP contribution >= 0.6 is 11.3 Å². The maximum atomic E-state index is 14.0. The Balaban J connectivity index is 2.17. The summed E-state index contributed by atoms with van der Waals surface area (Å²) in [6.07, 6.45) is -5.34. The van der Waals surface area contributed by atoms with E-state index in [2.05, 4.69) is 5.32 Å². The van der Waals surface area contributed by atoms with Crippen LogP contribution in [-0.4, -0.2) is 51.8 Å². The van der Waals surface area contributed by atoms with Gasteiger partial charge in [0.2, 0.25) is 0 Å². The average Bonchev–Trinajstić information content (AvgIpc) is 3.19. The number of aliphatic hydroxyl groups is 1. The Morgan fingerprint density at radius 3 is 2.31 bits per heavy atom. The zero-order valence-electron chi connectivity index (χ0n) is 14.8. The number of halogens is 3. The smallest absolute Gasteiger partial charge is 0.437 e. The summed E-state index contributed by atoms with van der Waals surface area (Å²) in [5.74, 6) is -4.37. The maximum Gasteiger partial charge on any atom is 0.437 e. The summed E-state index contributed by atoms with van der Waals surface area (Å²) in [4.78, 5) is 36.3. The summed E-state index contributed by atoms with van der Waals surface area (Å²) < 4.78 is 41.9. The molecular weight excluding hydrogens is 413 g/mol. The van der Waals surface area contributed by atoms with E-state index in [0.717, 1.165) is 30.5 Å². The van der Waals surface area contributed by atoms with Crippen LogP contribution in [0.3, 0.4) is 0 Å². The van der Waals surface area contributed by atoms with E-state index in [-0.39, 0.29) is 20.9 Å². The zero-order valence-corrected chi connectivity index (χ0v) is 15.6. The molecule has 0 radical (unpaired) electrons. The minimum absolute atomic E-state index is 0.0191. The SMILES string of the molecule is CN1C(=O)N[C@H](c2ccc(C(=O)O)cc2)[C@@H](C(=O)c2cccs2)[C@@]1(O)C(F)(F)F. The molecule has 2 amide bonds. The average molecular weight is 428 g/mol. The molecule has 1 aromatic carbocycles. The van der Waals surface area contributed by atoms with Crippen molar-refractivity contribution in [2.45, 2.75) is 17.9 Å². The Morgan fingerprint density at radius 2 is 1.83 bits per heavy atom. The lowest BCUT2D eigenvalue weighted by atomic mass is 9.77. The van der Waals surface area contributed by atoms with Gasteiger partial charge in [-0.05, 0) is 29.1 Å². The summed E-state index contributed by atoms with van der Waals surface area (Å²) >= 11 is 0.905. The molecule has 2 aromatic rings. The van der Waals surface area contributed by atoms with Gasteiger partial charge in [-0.2, -0.15) is 13.2 Å². The van der Waals surface area contributed by atoms with Gasteiger partial charge in [-0.25, -0.2) is 9.59 Å². The molecular formula is C18H15F3N2O5S. The van der Waals surface area contributed by atoms with Crippen LogP contribution in [-0.2, 0) is 0 Å². The van der Waals surface area contributed by atoms with E-state index in [1.165, 1.54) is 29.6 Å². The molecule has 3 rings (SSSR count). The van der Waals surface area contributed by atoms with Gasteiger partial charge in [0.1, 0.15) is 5.92 Å². The third kappa shape index (κ3) is 3.36. The van der Waals surface area contributed by atoms with Gasteiger partial charge in [-0.15, -0.1) is 11.3 Å². The highest BCUT2D eigenvalue weighted by atomic mass is 32.1. The van der Waals surface area contributed by atoms with Gasteiger partial charge in [0.15, 0.2) is 5.78 Å². The number of hydrogen-bond donors (Lipinski definition) is 3. The highest BCUT2D eigenvalue weighted by Gasteiger charge is 2.69. The third-order valence-corrected chi connectivity index (χ3v) is 5.73. The molecule has 0 bridgehead atoms. The number of carboxylic acids is 1. The number of thiophene rings is 1. The van der Waals surface area contributed by atoms with E-state index in [9.17, 15) is 32.7 Å². The molecule has 1 aliphatic rings. The second kappa shape index (κ2) is 7.16. The maximum absolute atomic E-state index is 14.0. The minimum Gasteiger partial charge on any atom is -0.478 e. The standard InChI is InChI=1S/C18H15F3N2O5S/c1-23-16(27)22-13(9-4-6-10(7-5-9)15(25)26)12(17(23,28)18(19,20)21)14(24)11-3-2-8-29-11/h2-8,12-13,28H,1H3,(H,22,27)(H,25,26)/t12-,13+,17+/m0/s1. The molecule has 7 nitrogen and oxygen atoms in total. The lowest BCUT2D eigenvalue weighted by molar-refractivity contribution is -0.322. The van der Waals surface area contributed by atoms with E-state index in [4.69, 9.17) is 5.11 Å². The number of amides is 2. The quantitative estimate of drug-likeness (QED) is 0.650. The van der Waals surface area contributed by atoms with Crippen LogP contribution < -0.4 is 5.32 Å². The van der Waals surface area contributed by atoms with Crippen LogP contribution in [0.2, 0.25) is 0 Å². The fraction of sp³-hybridized carbons (Fsp3) is 0.278. The molecule has 0 unspecified atom stereocenters. The molecule has 0 saturated carbocycles. The lowest BCUT2D eigenvalue weighted by Crippen LogP contribution is -2.72. The number of carboxylic acid groups (broad SMARTS) is 1. The molecule has 154 valence electrons. The Bertz CT molecular complexity index is 945. The highest BCUT2D eigenvalue weighted by molar-refractivity contribution is 7.12. The van der Waals surface area contributed by atoms with Crippen LogP contribution in [0, 0.1) is 5.92 Å². The molecule has 2 heterocycles. The monoisotopic (exact) mass is 428 g/mol. The van der Waals surface area contributed by atoms with E-state index < -0.39 is 41.6 Å². The number of nitrogens with one attached hydrogen (secondary N) is 1. The number of benzene rings is 1. The van der Waals surface area contributed by atoms with E-state index in [1.54, 1.807) is 0 Å². The Hall–Kier alpha value is -2.92. The molecule has 1 saturated heterocycles. The Kier molecular flexibility index (Phi) is 5.13. The minimum atomic E-state index is -5.34. The lowest BCUT2D eigenvalue weighted by Gasteiger charge is -2.49. The molecule has 3 N–H and O–H groups in total. The van der Waals surface area contributed by atoms with Gasteiger partial charge in [-0.1, -0.05) is 18.2 Å². The van der Waals surface area contributed by atoms with Crippen LogP contribution in [0.25, 0.3) is 0 Å². The van der Waals surface area contributed by atoms with Crippen molar-refractivity contribution in [2.75, 3.05) is 7.05 Å². The summed E-state index contributed by atoms with van der Waals surface area (Å²) in [7, 11) is 0.751. The Morgan fingerprint density at radius 1 is 1.21 bits per heavy atom. The van der Waals surface area contributed by atoms with Crippen molar-refractivity contribution in [3.8, 4) is 0 Å². The van der Waals surface area contributed by atoms with Gasteiger partial charge < -0.3 is 15.5 Å². The first-order chi connectivity index (χ1) is 13.5. The van der Waals surface area contributed by atoms with Crippen molar-refractivity contribution in [3.05, 3.63) is 57.8 Å². The summed E-state index contributed by atoms with van der Waals surface area (Å²) in [6.45, 7) is 0. The van der Waals surface area contributed by atoms with Crippen LogP contribution in [0.4, 0.5) is 18.0 Å². The van der Waals surface area contributed by atoms with Crippen molar-refractivity contribution in [1.82, 2.24) is 10.2 Å². The zero-order chi connectivity index (χ0) is 21.6. The summed E-state index contributed by atoms with van der Waals surface area (Å²) in [5, 5.41) is 23.5. The van der Waals surface area contributed by atoms with Crippen molar-refractivity contribution in [2.24, 2.45) is 5.92 Å². The van der Waals surface area contributed by atoms with E-state index in [1.807, 2.05) is 0 Å². The largest absolute Gasteiger partial charge is 0.478 e. The van der Waals surface area contributed by atoms with Crippen molar-refractivity contribution in [1.29, 1.82) is 0 Å². The predicted molar refractivity (Wildman–Crippen MR) is 95.6 cm³/mol. The van der Waals surface area contributed by atoms with E-state index >= 15 is 0 Å². The molecule has 0 spiro atoms. The highest BCUT2D eigenvalue weighted by Crippen LogP contribution is 2.47. The first kappa shape index (κ1) is 20.8. The molecule has 3 atom stereocenters. The second-order valence-electron chi connectivity index (χ2n) is 6.46. The first-order valence-electron chi connectivity index (χ1n) is 8.23. The van der Waals surface area contributed by atoms with Gasteiger partial charge in [0, 0.05) is 7.05 Å². The molecule has 11 heteroatoms. The number of urea groups is 1. The number of hydrogen-bond acceptors (Lipinski definition) is 5. The van der Waals surface area contributed by atoms with Gasteiger partial charge >= 0.3 is 18.2 Å². The summed E-state index contributed by atoms with van der Waals surface area (Å²) in [5.41, 5.74) is -3.85. The number of ketones is 1.